The number of hydrogen-bond donors (Lipinski definition) is 1. The van der Waals surface area contributed by atoms with Gasteiger partial charge in [-0.3, -0.25) is 0 Å². The van der Waals surface area contributed by atoms with Crippen molar-refractivity contribution in [2.24, 2.45) is 5.92 Å². The fraction of sp³-hybridized carbons (Fsp3) is 0.667. The Bertz CT molecular complexity index is 398. The van der Waals surface area contributed by atoms with Gasteiger partial charge in [0.25, 0.3) is 0 Å². The molecule has 3 heteroatoms. The SMILES string of the molecule is CCOC1CC(CC(NC)c2ccc(CCOC)cc2)C1. The van der Waals surface area contributed by atoms with Crippen LogP contribution in [0, 0.1) is 5.92 Å². The van der Waals surface area contributed by atoms with Crippen molar-refractivity contribution >= 4 is 0 Å². The van der Waals surface area contributed by atoms with Gasteiger partial charge in [0.05, 0.1) is 12.7 Å². The molecule has 1 aliphatic rings. The van der Waals surface area contributed by atoms with E-state index in [2.05, 4.69) is 43.6 Å². The summed E-state index contributed by atoms with van der Waals surface area (Å²) in [6.45, 7) is 3.71. The largest absolute Gasteiger partial charge is 0.384 e. The zero-order valence-corrected chi connectivity index (χ0v) is 13.6. The second-order valence-corrected chi connectivity index (χ2v) is 5.98. The third-order valence-corrected chi connectivity index (χ3v) is 4.49. The van der Waals surface area contributed by atoms with E-state index >= 15 is 0 Å². The molecular weight excluding hydrogens is 262 g/mol. The first-order valence-electron chi connectivity index (χ1n) is 8.13. The number of benzene rings is 1. The molecule has 1 fully saturated rings. The number of ether oxygens (including phenoxy) is 2. The van der Waals surface area contributed by atoms with E-state index in [-0.39, 0.29) is 0 Å². The molecule has 1 aromatic rings. The van der Waals surface area contributed by atoms with Crippen LogP contribution in [0.1, 0.15) is 43.4 Å². The minimum atomic E-state index is 0.453. The number of methoxy groups -OCH3 is 1. The predicted molar refractivity (Wildman–Crippen MR) is 86.6 cm³/mol. The molecule has 118 valence electrons. The number of nitrogens with one attached hydrogen (secondary N) is 1. The van der Waals surface area contributed by atoms with Crippen molar-refractivity contribution in [3.05, 3.63) is 35.4 Å². The summed E-state index contributed by atoms with van der Waals surface area (Å²) in [6.07, 6.45) is 5.14. The maximum atomic E-state index is 5.65. The van der Waals surface area contributed by atoms with Crippen LogP contribution in [0.5, 0.6) is 0 Å². The summed E-state index contributed by atoms with van der Waals surface area (Å²) >= 11 is 0. The minimum Gasteiger partial charge on any atom is -0.384 e. The van der Waals surface area contributed by atoms with Crippen molar-refractivity contribution in [2.75, 3.05) is 27.4 Å². The highest BCUT2D eigenvalue weighted by Gasteiger charge is 2.31. The molecular formula is C18H29NO2. The van der Waals surface area contributed by atoms with Gasteiger partial charge in [0.2, 0.25) is 0 Å². The van der Waals surface area contributed by atoms with Gasteiger partial charge in [-0.1, -0.05) is 24.3 Å². The first-order chi connectivity index (χ1) is 10.3. The van der Waals surface area contributed by atoms with E-state index in [0.717, 1.165) is 25.6 Å². The van der Waals surface area contributed by atoms with Crippen molar-refractivity contribution in [2.45, 2.75) is 44.8 Å². The molecule has 1 aromatic carbocycles. The quantitative estimate of drug-likeness (QED) is 0.757. The summed E-state index contributed by atoms with van der Waals surface area (Å²) in [4.78, 5) is 0. The lowest BCUT2D eigenvalue weighted by atomic mass is 9.77. The molecule has 0 amide bonds. The van der Waals surface area contributed by atoms with Gasteiger partial charge in [-0.15, -0.1) is 0 Å². The lowest BCUT2D eigenvalue weighted by Crippen LogP contribution is -2.34. The Morgan fingerprint density at radius 2 is 1.95 bits per heavy atom. The molecule has 0 spiro atoms. The van der Waals surface area contributed by atoms with E-state index in [1.54, 1.807) is 7.11 Å². The first-order valence-corrected chi connectivity index (χ1v) is 8.13. The van der Waals surface area contributed by atoms with Gasteiger partial charge in [0.1, 0.15) is 0 Å². The van der Waals surface area contributed by atoms with Crippen molar-refractivity contribution in [1.29, 1.82) is 0 Å². The Morgan fingerprint density at radius 1 is 1.24 bits per heavy atom. The lowest BCUT2D eigenvalue weighted by molar-refractivity contribution is -0.0289. The summed E-state index contributed by atoms with van der Waals surface area (Å²) in [7, 11) is 3.81. The molecule has 1 N–H and O–H groups in total. The van der Waals surface area contributed by atoms with Crippen LogP contribution in [0.4, 0.5) is 0 Å². The Hall–Kier alpha value is -0.900. The summed E-state index contributed by atoms with van der Waals surface area (Å²) in [6, 6.07) is 9.41. The molecule has 1 atom stereocenters. The second-order valence-electron chi connectivity index (χ2n) is 5.98. The van der Waals surface area contributed by atoms with Crippen LogP contribution < -0.4 is 5.32 Å². The molecule has 0 aliphatic heterocycles. The molecule has 1 saturated carbocycles. The third-order valence-electron chi connectivity index (χ3n) is 4.49. The highest BCUT2D eigenvalue weighted by molar-refractivity contribution is 5.25. The molecule has 1 unspecified atom stereocenters. The fourth-order valence-corrected chi connectivity index (χ4v) is 3.13. The average molecular weight is 291 g/mol. The van der Waals surface area contributed by atoms with Gasteiger partial charge < -0.3 is 14.8 Å². The van der Waals surface area contributed by atoms with E-state index in [0.29, 0.717) is 12.1 Å². The summed E-state index contributed by atoms with van der Waals surface area (Å²) in [5, 5.41) is 3.46. The van der Waals surface area contributed by atoms with Gasteiger partial charge in [0, 0.05) is 19.8 Å². The van der Waals surface area contributed by atoms with Gasteiger partial charge in [-0.05, 0) is 56.7 Å². The van der Waals surface area contributed by atoms with Gasteiger partial charge in [-0.25, -0.2) is 0 Å². The summed E-state index contributed by atoms with van der Waals surface area (Å²) in [5.41, 5.74) is 2.73. The molecule has 1 aliphatic carbocycles. The predicted octanol–water partition coefficient (Wildman–Crippen LogP) is 3.34. The summed E-state index contributed by atoms with van der Waals surface area (Å²) < 4.78 is 10.8. The van der Waals surface area contributed by atoms with Crippen molar-refractivity contribution in [3.8, 4) is 0 Å². The maximum absolute atomic E-state index is 5.65. The molecule has 2 rings (SSSR count). The van der Waals surface area contributed by atoms with Crippen LogP contribution >= 0.6 is 0 Å². The molecule has 0 saturated heterocycles. The molecule has 3 nitrogen and oxygen atoms in total. The zero-order chi connectivity index (χ0) is 15.1. The molecule has 21 heavy (non-hydrogen) atoms. The highest BCUT2D eigenvalue weighted by Crippen LogP contribution is 2.36. The van der Waals surface area contributed by atoms with E-state index in [4.69, 9.17) is 9.47 Å². The van der Waals surface area contributed by atoms with E-state index < -0.39 is 0 Å². The van der Waals surface area contributed by atoms with Crippen LogP contribution in [0.2, 0.25) is 0 Å². The number of rotatable bonds is 9. The molecule has 0 bridgehead atoms. The van der Waals surface area contributed by atoms with Gasteiger partial charge in [0.15, 0.2) is 0 Å². The zero-order valence-electron chi connectivity index (χ0n) is 13.6. The van der Waals surface area contributed by atoms with Crippen LogP contribution in [0.3, 0.4) is 0 Å². The van der Waals surface area contributed by atoms with Crippen molar-refractivity contribution in [1.82, 2.24) is 5.32 Å². The molecule has 0 radical (unpaired) electrons. The summed E-state index contributed by atoms with van der Waals surface area (Å²) in [5.74, 6) is 0.798. The van der Waals surface area contributed by atoms with E-state index in [9.17, 15) is 0 Å². The van der Waals surface area contributed by atoms with Crippen molar-refractivity contribution < 1.29 is 9.47 Å². The molecule has 0 heterocycles. The monoisotopic (exact) mass is 291 g/mol. The normalized spacial score (nSPS) is 22.8. The number of hydrogen-bond acceptors (Lipinski definition) is 3. The minimum absolute atomic E-state index is 0.453. The van der Waals surface area contributed by atoms with Crippen LogP contribution in [-0.2, 0) is 15.9 Å². The fourth-order valence-electron chi connectivity index (χ4n) is 3.13. The van der Waals surface area contributed by atoms with Crippen LogP contribution in [-0.4, -0.2) is 33.5 Å². The third kappa shape index (κ3) is 4.80. The van der Waals surface area contributed by atoms with Gasteiger partial charge in [-0.2, -0.15) is 0 Å². The van der Waals surface area contributed by atoms with Crippen LogP contribution in [0.25, 0.3) is 0 Å². The van der Waals surface area contributed by atoms with Gasteiger partial charge >= 0.3 is 0 Å². The Labute approximate surface area is 129 Å². The van der Waals surface area contributed by atoms with E-state index in [1.165, 1.54) is 30.4 Å². The second kappa shape index (κ2) is 8.52. The average Bonchev–Trinajstić information content (AvgIpc) is 2.48. The smallest absolute Gasteiger partial charge is 0.0580 e. The standard InChI is InChI=1S/C18H29NO2/c1-4-21-17-11-15(12-17)13-18(19-2)16-7-5-14(6-8-16)9-10-20-3/h5-8,15,17-19H,4,9-13H2,1-3H3. The van der Waals surface area contributed by atoms with Crippen molar-refractivity contribution in [3.63, 3.8) is 0 Å². The Balaban J connectivity index is 1.83. The van der Waals surface area contributed by atoms with Crippen LogP contribution in [0.15, 0.2) is 24.3 Å². The molecule has 0 aromatic heterocycles. The maximum Gasteiger partial charge on any atom is 0.0580 e. The lowest BCUT2D eigenvalue weighted by Gasteiger charge is -2.37. The Kier molecular flexibility index (Phi) is 6.68. The highest BCUT2D eigenvalue weighted by atomic mass is 16.5. The first kappa shape index (κ1) is 16.5. The Morgan fingerprint density at radius 3 is 2.52 bits per heavy atom. The topological polar surface area (TPSA) is 30.5 Å². The van der Waals surface area contributed by atoms with E-state index in [1.807, 2.05) is 0 Å².